The molecule has 0 aromatic carbocycles. The van der Waals surface area contributed by atoms with Gasteiger partial charge in [-0.1, -0.05) is 25.7 Å². The zero-order valence-electron chi connectivity index (χ0n) is 11.2. The van der Waals surface area contributed by atoms with Crippen molar-refractivity contribution in [3.8, 4) is 0 Å². The number of rotatable bonds is 6. The maximum absolute atomic E-state index is 11.6. The Morgan fingerprint density at radius 1 is 1.17 bits per heavy atom. The van der Waals surface area contributed by atoms with Crippen molar-refractivity contribution in [2.45, 2.75) is 63.8 Å². The highest BCUT2D eigenvalue weighted by Gasteiger charge is 2.17. The van der Waals surface area contributed by atoms with Crippen molar-refractivity contribution >= 4 is 18.3 Å². The molecule has 18 heavy (non-hydrogen) atoms. The van der Waals surface area contributed by atoms with E-state index in [1.54, 1.807) is 0 Å². The summed E-state index contributed by atoms with van der Waals surface area (Å²) < 4.78 is 0. The molecule has 2 aliphatic rings. The van der Waals surface area contributed by atoms with Gasteiger partial charge in [0.15, 0.2) is 0 Å². The molecule has 1 saturated carbocycles. The molecule has 1 atom stereocenters. The summed E-state index contributed by atoms with van der Waals surface area (Å²) in [5, 5.41) is 6.42. The summed E-state index contributed by atoms with van der Waals surface area (Å²) in [7, 11) is 0. The minimum atomic E-state index is 0. The van der Waals surface area contributed by atoms with Crippen molar-refractivity contribution in [3.05, 3.63) is 0 Å². The summed E-state index contributed by atoms with van der Waals surface area (Å²) in [6.45, 7) is 1.96. The summed E-state index contributed by atoms with van der Waals surface area (Å²) in [6, 6.07) is 0.435. The third kappa shape index (κ3) is 5.57. The van der Waals surface area contributed by atoms with Gasteiger partial charge in [-0.3, -0.25) is 4.79 Å². The highest BCUT2D eigenvalue weighted by atomic mass is 35.5. The molecule has 0 radical (unpaired) electrons. The fraction of sp³-hybridized carbons (Fsp3) is 0.929. The van der Waals surface area contributed by atoms with Crippen molar-refractivity contribution in [2.24, 2.45) is 5.92 Å². The molecule has 4 heteroatoms. The predicted molar refractivity (Wildman–Crippen MR) is 77.1 cm³/mol. The van der Waals surface area contributed by atoms with Crippen molar-refractivity contribution in [2.75, 3.05) is 13.1 Å². The number of hydrogen-bond donors (Lipinski definition) is 2. The topological polar surface area (TPSA) is 41.1 Å². The second-order valence-corrected chi connectivity index (χ2v) is 5.64. The molecule has 0 bridgehead atoms. The van der Waals surface area contributed by atoms with Gasteiger partial charge in [-0.25, -0.2) is 0 Å². The van der Waals surface area contributed by atoms with E-state index in [2.05, 4.69) is 10.6 Å². The molecular weight excluding hydrogens is 248 g/mol. The Balaban J connectivity index is 0.00000162. The summed E-state index contributed by atoms with van der Waals surface area (Å²) >= 11 is 0. The highest BCUT2D eigenvalue weighted by Crippen LogP contribution is 2.28. The lowest BCUT2D eigenvalue weighted by molar-refractivity contribution is -0.121. The average molecular weight is 275 g/mol. The third-order valence-corrected chi connectivity index (χ3v) is 4.18. The fourth-order valence-corrected chi connectivity index (χ4v) is 3.14. The first-order chi connectivity index (χ1) is 8.34. The van der Waals surface area contributed by atoms with Crippen LogP contribution < -0.4 is 10.6 Å². The van der Waals surface area contributed by atoms with Gasteiger partial charge in [0.1, 0.15) is 0 Å². The first-order valence-electron chi connectivity index (χ1n) is 7.34. The van der Waals surface area contributed by atoms with Crippen molar-refractivity contribution in [1.82, 2.24) is 10.6 Å². The Morgan fingerprint density at radius 2 is 1.94 bits per heavy atom. The van der Waals surface area contributed by atoms with E-state index >= 15 is 0 Å². The molecule has 1 aliphatic heterocycles. The zero-order valence-corrected chi connectivity index (χ0v) is 12.1. The molecule has 1 unspecified atom stereocenters. The van der Waals surface area contributed by atoms with E-state index in [1.807, 2.05) is 0 Å². The van der Waals surface area contributed by atoms with E-state index in [-0.39, 0.29) is 18.3 Å². The van der Waals surface area contributed by atoms with Crippen LogP contribution in [-0.2, 0) is 4.79 Å². The normalized spacial score (nSPS) is 23.9. The number of hydrogen-bond acceptors (Lipinski definition) is 2. The van der Waals surface area contributed by atoms with Gasteiger partial charge in [-0.15, -0.1) is 12.4 Å². The molecule has 3 nitrogen and oxygen atoms in total. The number of halogens is 1. The average Bonchev–Trinajstić information content (AvgIpc) is 2.96. The number of amides is 1. The monoisotopic (exact) mass is 274 g/mol. The van der Waals surface area contributed by atoms with E-state index < -0.39 is 0 Å². The van der Waals surface area contributed by atoms with Crippen molar-refractivity contribution in [1.29, 1.82) is 0 Å². The van der Waals surface area contributed by atoms with Gasteiger partial charge >= 0.3 is 0 Å². The molecule has 1 aliphatic carbocycles. The Kier molecular flexibility index (Phi) is 7.68. The fourth-order valence-electron chi connectivity index (χ4n) is 3.14. The standard InChI is InChI=1S/C14H26N2O.ClH/c17-14(11-13-8-4-9-15-13)16-10-3-7-12-5-1-2-6-12;/h12-13,15H,1-11H2,(H,16,17);1H. The number of carbonyl (C=O) groups is 1. The van der Waals surface area contributed by atoms with Gasteiger partial charge in [-0.05, 0) is 38.1 Å². The quantitative estimate of drug-likeness (QED) is 0.731. The first kappa shape index (κ1) is 15.8. The molecule has 0 aromatic rings. The lowest BCUT2D eigenvalue weighted by Crippen LogP contribution is -2.32. The van der Waals surface area contributed by atoms with Gasteiger partial charge in [0, 0.05) is 19.0 Å². The van der Waals surface area contributed by atoms with Crippen LogP contribution in [-0.4, -0.2) is 25.0 Å². The lowest BCUT2D eigenvalue weighted by atomic mass is 10.0. The second-order valence-electron chi connectivity index (χ2n) is 5.64. The minimum absolute atomic E-state index is 0. The Bertz CT molecular complexity index is 236. The molecule has 1 heterocycles. The SMILES string of the molecule is Cl.O=C(CC1CCCN1)NCCCC1CCCC1. The highest BCUT2D eigenvalue weighted by molar-refractivity contribution is 5.85. The van der Waals surface area contributed by atoms with Crippen LogP contribution in [0.1, 0.15) is 57.8 Å². The molecule has 106 valence electrons. The van der Waals surface area contributed by atoms with Gasteiger partial charge in [0.25, 0.3) is 0 Å². The van der Waals surface area contributed by atoms with Crippen LogP contribution in [0.15, 0.2) is 0 Å². The first-order valence-corrected chi connectivity index (χ1v) is 7.34. The van der Waals surface area contributed by atoms with Crippen LogP contribution >= 0.6 is 12.4 Å². The maximum atomic E-state index is 11.6. The molecule has 1 saturated heterocycles. The van der Waals surface area contributed by atoms with Gasteiger partial charge in [0.2, 0.25) is 5.91 Å². The molecule has 2 fully saturated rings. The largest absolute Gasteiger partial charge is 0.356 e. The van der Waals surface area contributed by atoms with E-state index in [9.17, 15) is 4.79 Å². The van der Waals surface area contributed by atoms with Crippen LogP contribution in [0.2, 0.25) is 0 Å². The smallest absolute Gasteiger partial charge is 0.221 e. The Hall–Kier alpha value is -0.280. The molecule has 1 amide bonds. The van der Waals surface area contributed by atoms with Crippen LogP contribution in [0.5, 0.6) is 0 Å². The summed E-state index contributed by atoms with van der Waals surface area (Å²) in [6.07, 6.45) is 11.2. The molecule has 2 rings (SSSR count). The Labute approximate surface area is 117 Å². The summed E-state index contributed by atoms with van der Waals surface area (Å²) in [5.74, 6) is 1.18. The van der Waals surface area contributed by atoms with Crippen LogP contribution in [0.3, 0.4) is 0 Å². The molecule has 2 N–H and O–H groups in total. The lowest BCUT2D eigenvalue weighted by Gasteiger charge is -2.11. The number of carbonyl (C=O) groups excluding carboxylic acids is 1. The molecule has 0 aromatic heterocycles. The van der Waals surface area contributed by atoms with E-state index in [1.165, 1.54) is 38.5 Å². The summed E-state index contributed by atoms with van der Waals surface area (Å²) in [5.41, 5.74) is 0. The second kappa shape index (κ2) is 8.76. The van der Waals surface area contributed by atoms with E-state index in [4.69, 9.17) is 0 Å². The molecular formula is C14H27ClN2O. The molecule has 0 spiro atoms. The Morgan fingerprint density at radius 3 is 2.61 bits per heavy atom. The van der Waals surface area contributed by atoms with Crippen LogP contribution in [0.25, 0.3) is 0 Å². The van der Waals surface area contributed by atoms with Gasteiger partial charge in [0.05, 0.1) is 0 Å². The third-order valence-electron chi connectivity index (χ3n) is 4.18. The van der Waals surface area contributed by atoms with Crippen molar-refractivity contribution < 1.29 is 4.79 Å². The minimum Gasteiger partial charge on any atom is -0.356 e. The zero-order chi connectivity index (χ0) is 11.9. The van der Waals surface area contributed by atoms with Gasteiger partial charge in [-0.2, -0.15) is 0 Å². The number of nitrogens with one attached hydrogen (secondary N) is 2. The van der Waals surface area contributed by atoms with Gasteiger partial charge < -0.3 is 10.6 Å². The van der Waals surface area contributed by atoms with Crippen LogP contribution in [0.4, 0.5) is 0 Å². The van der Waals surface area contributed by atoms with Crippen molar-refractivity contribution in [3.63, 3.8) is 0 Å². The summed E-state index contributed by atoms with van der Waals surface area (Å²) in [4.78, 5) is 11.6. The van der Waals surface area contributed by atoms with Crippen LogP contribution in [0, 0.1) is 5.92 Å². The predicted octanol–water partition coefficient (Wildman–Crippen LogP) is 2.64. The van der Waals surface area contributed by atoms with E-state index in [0.717, 1.165) is 31.8 Å². The van der Waals surface area contributed by atoms with E-state index in [0.29, 0.717) is 12.5 Å². The maximum Gasteiger partial charge on any atom is 0.221 e.